The van der Waals surface area contributed by atoms with E-state index < -0.39 is 0 Å². The minimum Gasteiger partial charge on any atom is -0.502 e. The van der Waals surface area contributed by atoms with Crippen molar-refractivity contribution in [2.75, 3.05) is 40.4 Å². The molecule has 8 heteroatoms. The van der Waals surface area contributed by atoms with Gasteiger partial charge in [-0.15, -0.1) is 30.6 Å². The number of likely N-dealkylation sites (tertiary alicyclic amines) is 1. The fourth-order valence-corrected chi connectivity index (χ4v) is 3.17. The van der Waals surface area contributed by atoms with E-state index in [1.165, 1.54) is 14.2 Å². The molecule has 2 rings (SSSR count). The highest BCUT2D eigenvalue weighted by atomic mass is 127. The molecule has 1 aliphatic heterocycles. The molecule has 3 N–H and O–H groups in total. The number of phenolic OH excluding ortho intramolecular Hbond substituents is 1. The second-order valence-corrected chi connectivity index (χ2v) is 6.55. The van der Waals surface area contributed by atoms with Gasteiger partial charge in [0.1, 0.15) is 0 Å². The average Bonchev–Trinajstić information content (AvgIpc) is 2.68. The van der Waals surface area contributed by atoms with E-state index in [4.69, 9.17) is 9.47 Å². The Balaban J connectivity index is 0.00000392. The predicted octanol–water partition coefficient (Wildman–Crippen LogP) is 2.73. The first-order valence-electron chi connectivity index (χ1n) is 9.43. The number of benzene rings is 1. The van der Waals surface area contributed by atoms with Crippen LogP contribution >= 0.6 is 24.0 Å². The lowest BCUT2D eigenvalue weighted by Crippen LogP contribution is -2.48. The highest BCUT2D eigenvalue weighted by Crippen LogP contribution is 2.37. The van der Waals surface area contributed by atoms with Crippen molar-refractivity contribution in [3.8, 4) is 17.2 Å². The van der Waals surface area contributed by atoms with Crippen molar-refractivity contribution < 1.29 is 14.6 Å². The van der Waals surface area contributed by atoms with Crippen molar-refractivity contribution in [1.29, 1.82) is 0 Å². The molecule has 1 saturated heterocycles. The quantitative estimate of drug-likeness (QED) is 0.219. The number of aromatic hydroxyl groups is 1. The number of halogens is 1. The molecule has 1 aromatic rings. The normalized spacial score (nSPS) is 15.5. The Morgan fingerprint density at radius 1 is 1.29 bits per heavy atom. The van der Waals surface area contributed by atoms with E-state index in [-0.39, 0.29) is 29.7 Å². The van der Waals surface area contributed by atoms with Crippen LogP contribution in [0.15, 0.2) is 29.8 Å². The third-order valence-corrected chi connectivity index (χ3v) is 4.62. The minimum atomic E-state index is 0. The van der Waals surface area contributed by atoms with Gasteiger partial charge in [-0.2, -0.15) is 0 Å². The zero-order chi connectivity index (χ0) is 19.6. The molecule has 0 atom stereocenters. The van der Waals surface area contributed by atoms with Gasteiger partial charge < -0.3 is 25.2 Å². The number of phenols is 1. The third kappa shape index (κ3) is 7.05. The summed E-state index contributed by atoms with van der Waals surface area (Å²) >= 11 is 0. The number of rotatable bonds is 8. The first kappa shape index (κ1) is 24.4. The third-order valence-electron chi connectivity index (χ3n) is 4.62. The van der Waals surface area contributed by atoms with Crippen molar-refractivity contribution >= 4 is 29.9 Å². The van der Waals surface area contributed by atoms with Crippen molar-refractivity contribution in [3.63, 3.8) is 0 Å². The lowest BCUT2D eigenvalue weighted by atomic mass is 10.1. The van der Waals surface area contributed by atoms with Crippen molar-refractivity contribution in [2.45, 2.75) is 32.4 Å². The molecule has 7 nitrogen and oxygen atoms in total. The van der Waals surface area contributed by atoms with E-state index in [1.807, 2.05) is 6.08 Å². The monoisotopic (exact) mass is 504 g/mol. The zero-order valence-corrected chi connectivity index (χ0v) is 19.4. The molecule has 28 heavy (non-hydrogen) atoms. The maximum Gasteiger partial charge on any atom is 0.200 e. The second-order valence-electron chi connectivity index (χ2n) is 6.55. The Morgan fingerprint density at radius 3 is 2.39 bits per heavy atom. The van der Waals surface area contributed by atoms with E-state index in [0.29, 0.717) is 24.1 Å². The van der Waals surface area contributed by atoms with Crippen LogP contribution in [-0.2, 0) is 6.54 Å². The molecule has 158 valence electrons. The molecule has 0 radical (unpaired) electrons. The molecule has 0 aromatic heterocycles. The number of hydrogen-bond acceptors (Lipinski definition) is 5. The number of guanidine groups is 1. The number of methoxy groups -OCH3 is 2. The van der Waals surface area contributed by atoms with Crippen molar-refractivity contribution in [2.24, 2.45) is 4.99 Å². The highest BCUT2D eigenvalue weighted by Gasteiger charge is 2.19. The number of nitrogens with one attached hydrogen (secondary N) is 2. The molecule has 1 heterocycles. The van der Waals surface area contributed by atoms with Crippen LogP contribution < -0.4 is 20.1 Å². The lowest BCUT2D eigenvalue weighted by molar-refractivity contribution is 0.225. The summed E-state index contributed by atoms with van der Waals surface area (Å²) in [6.07, 6.45) is 4.12. The van der Waals surface area contributed by atoms with Crippen LogP contribution in [-0.4, -0.2) is 62.4 Å². The Bertz CT molecular complexity index is 621. The van der Waals surface area contributed by atoms with Crippen LogP contribution in [0.2, 0.25) is 0 Å². The van der Waals surface area contributed by atoms with Crippen molar-refractivity contribution in [1.82, 2.24) is 15.5 Å². The lowest BCUT2D eigenvalue weighted by Gasteiger charge is -2.32. The summed E-state index contributed by atoms with van der Waals surface area (Å²) in [5.41, 5.74) is 0.902. The Morgan fingerprint density at radius 2 is 1.89 bits per heavy atom. The van der Waals surface area contributed by atoms with Crippen LogP contribution in [0.25, 0.3) is 0 Å². The maximum absolute atomic E-state index is 10.0. The molecular formula is C20H33IN4O3. The zero-order valence-electron chi connectivity index (χ0n) is 17.0. The second kappa shape index (κ2) is 12.7. The molecule has 0 amide bonds. The Hall–Kier alpha value is -1.68. The SMILES string of the molecule is C=CCN1CCC(NC(=NCc2cc(OC)c(O)c(OC)c2)NCC)CC1.I. The molecule has 0 bridgehead atoms. The number of aliphatic imine (C=N–C) groups is 1. The van der Waals surface area contributed by atoms with E-state index in [1.54, 1.807) is 12.1 Å². The number of hydrogen-bond donors (Lipinski definition) is 3. The van der Waals surface area contributed by atoms with Gasteiger partial charge in [-0.25, -0.2) is 4.99 Å². The van der Waals surface area contributed by atoms with Crippen LogP contribution in [0.4, 0.5) is 0 Å². The van der Waals surface area contributed by atoms with E-state index in [2.05, 4.69) is 34.0 Å². The molecule has 0 spiro atoms. The molecule has 0 saturated carbocycles. The molecule has 0 aliphatic carbocycles. The van der Waals surface area contributed by atoms with Gasteiger partial charge in [0.05, 0.1) is 20.8 Å². The predicted molar refractivity (Wildman–Crippen MR) is 124 cm³/mol. The summed E-state index contributed by atoms with van der Waals surface area (Å²) < 4.78 is 10.4. The van der Waals surface area contributed by atoms with Crippen LogP contribution in [0.1, 0.15) is 25.3 Å². The molecule has 1 aromatic carbocycles. The smallest absolute Gasteiger partial charge is 0.200 e. The van der Waals surface area contributed by atoms with Crippen LogP contribution in [0.3, 0.4) is 0 Å². The van der Waals surface area contributed by atoms with E-state index in [0.717, 1.165) is 50.5 Å². The largest absolute Gasteiger partial charge is 0.502 e. The van der Waals surface area contributed by atoms with Gasteiger partial charge in [0.2, 0.25) is 5.75 Å². The molecule has 1 aliphatic rings. The minimum absolute atomic E-state index is 0. The first-order valence-corrected chi connectivity index (χ1v) is 9.43. The van der Waals surface area contributed by atoms with Gasteiger partial charge in [-0.1, -0.05) is 6.08 Å². The van der Waals surface area contributed by atoms with Crippen LogP contribution in [0, 0.1) is 0 Å². The topological polar surface area (TPSA) is 78.4 Å². The number of ether oxygens (including phenoxy) is 2. The highest BCUT2D eigenvalue weighted by molar-refractivity contribution is 14.0. The Kier molecular flexibility index (Phi) is 11.1. The van der Waals surface area contributed by atoms with Gasteiger partial charge >= 0.3 is 0 Å². The summed E-state index contributed by atoms with van der Waals surface area (Å²) in [5, 5.41) is 16.9. The van der Waals surface area contributed by atoms with Crippen molar-refractivity contribution in [3.05, 3.63) is 30.4 Å². The summed E-state index contributed by atoms with van der Waals surface area (Å²) in [6.45, 7) is 10.2. The molecule has 0 unspecified atom stereocenters. The average molecular weight is 504 g/mol. The van der Waals surface area contributed by atoms with Crippen LogP contribution in [0.5, 0.6) is 17.2 Å². The number of nitrogens with zero attached hydrogens (tertiary/aromatic N) is 2. The summed E-state index contributed by atoms with van der Waals surface area (Å²) in [7, 11) is 3.04. The van der Waals surface area contributed by atoms with Gasteiger partial charge in [0, 0.05) is 32.2 Å². The maximum atomic E-state index is 10.0. The molecular weight excluding hydrogens is 471 g/mol. The summed E-state index contributed by atoms with van der Waals surface area (Å²) in [4.78, 5) is 7.09. The number of piperidine rings is 1. The van der Waals surface area contributed by atoms with E-state index in [9.17, 15) is 5.11 Å². The van der Waals surface area contributed by atoms with Gasteiger partial charge in [-0.3, -0.25) is 4.90 Å². The fraction of sp³-hybridized carbons (Fsp3) is 0.550. The summed E-state index contributed by atoms with van der Waals surface area (Å²) in [6, 6.07) is 3.96. The Labute approximate surface area is 185 Å². The van der Waals surface area contributed by atoms with Gasteiger partial charge in [-0.05, 0) is 37.5 Å². The van der Waals surface area contributed by atoms with Gasteiger partial charge in [0.25, 0.3) is 0 Å². The first-order chi connectivity index (χ1) is 13.1. The molecule has 1 fully saturated rings. The standard InChI is InChI=1S/C20H32N4O3.HI/c1-5-9-24-10-7-16(8-11-24)23-20(21-6-2)22-14-15-12-17(26-3)19(25)18(13-15)27-4;/h5,12-13,16,25H,1,6-11,14H2,2-4H3,(H2,21,22,23);1H. The fourth-order valence-electron chi connectivity index (χ4n) is 3.17. The van der Waals surface area contributed by atoms with Gasteiger partial charge in [0.15, 0.2) is 17.5 Å². The summed E-state index contributed by atoms with van der Waals surface area (Å²) in [5.74, 6) is 1.56. The van der Waals surface area contributed by atoms with E-state index >= 15 is 0 Å².